The topological polar surface area (TPSA) is 3.88 Å². The molecule has 0 aliphatic heterocycles. The normalized spacial score (nSPS) is 12.4. The van der Waals surface area contributed by atoms with Crippen molar-refractivity contribution < 1.29 is 4.57 Å². The number of hydrogen-bond donors (Lipinski definition) is 0. The molecule has 0 aliphatic carbocycles. The largest absolute Gasteiger partial charge is 0.198 e. The highest BCUT2D eigenvalue weighted by molar-refractivity contribution is 5.19. The molecule has 0 bridgehead atoms. The molecule has 0 fully saturated rings. The van der Waals surface area contributed by atoms with E-state index in [1.165, 1.54) is 16.7 Å². The molecule has 0 radical (unpaired) electrons. The van der Waals surface area contributed by atoms with Gasteiger partial charge in [0.05, 0.1) is 0 Å². The van der Waals surface area contributed by atoms with E-state index in [0.29, 0.717) is 6.04 Å². The fourth-order valence-corrected chi connectivity index (χ4v) is 2.59. The van der Waals surface area contributed by atoms with Crippen molar-refractivity contribution in [3.8, 4) is 0 Å². The maximum Gasteiger partial charge on any atom is 0.183 e. The Morgan fingerprint density at radius 3 is 1.95 bits per heavy atom. The van der Waals surface area contributed by atoms with Gasteiger partial charge in [0.15, 0.2) is 18.4 Å². The van der Waals surface area contributed by atoms with Crippen LogP contribution in [-0.4, -0.2) is 0 Å². The van der Waals surface area contributed by atoms with Crippen LogP contribution < -0.4 is 4.57 Å². The Morgan fingerprint density at radius 2 is 1.47 bits per heavy atom. The van der Waals surface area contributed by atoms with Crippen LogP contribution in [0.3, 0.4) is 0 Å². The Hall–Kier alpha value is -1.63. The van der Waals surface area contributed by atoms with Crippen LogP contribution in [0.4, 0.5) is 0 Å². The van der Waals surface area contributed by atoms with Crippen molar-refractivity contribution in [3.63, 3.8) is 0 Å². The molecule has 2 aromatic rings. The molecular weight excluding hydrogens is 230 g/mol. The molecule has 1 heterocycles. The average Bonchev–Trinajstić information content (AvgIpc) is 2.48. The van der Waals surface area contributed by atoms with E-state index in [4.69, 9.17) is 0 Å². The minimum absolute atomic E-state index is 0.443. The van der Waals surface area contributed by atoms with Crippen molar-refractivity contribution in [3.05, 3.63) is 65.5 Å². The molecule has 1 heteroatoms. The van der Waals surface area contributed by atoms with E-state index in [2.05, 4.69) is 74.1 Å². The third-order valence-corrected chi connectivity index (χ3v) is 3.75. The van der Waals surface area contributed by atoms with E-state index in [1.807, 2.05) is 0 Å². The number of hydrogen-bond acceptors (Lipinski definition) is 0. The van der Waals surface area contributed by atoms with Gasteiger partial charge in [0.25, 0.3) is 0 Å². The highest BCUT2D eigenvalue weighted by Gasteiger charge is 2.19. The minimum atomic E-state index is 0.443. The van der Waals surface area contributed by atoms with Gasteiger partial charge in [0.1, 0.15) is 0 Å². The zero-order valence-electron chi connectivity index (χ0n) is 12.3. The minimum Gasteiger partial charge on any atom is -0.198 e. The molecular formula is C18H24N+. The summed E-state index contributed by atoms with van der Waals surface area (Å²) in [4.78, 5) is 0. The fourth-order valence-electron chi connectivity index (χ4n) is 2.59. The van der Waals surface area contributed by atoms with Gasteiger partial charge in [0, 0.05) is 23.1 Å². The molecule has 0 spiro atoms. The molecule has 0 saturated carbocycles. The van der Waals surface area contributed by atoms with Crippen LogP contribution in [0, 0.1) is 0 Å². The SMILES string of the molecule is CCc1cc(CC)c[n+](C(CC)c2ccccc2)c1. The molecule has 2 rings (SSSR count). The Balaban J connectivity index is 2.43. The van der Waals surface area contributed by atoms with Crippen LogP contribution in [0.25, 0.3) is 0 Å². The van der Waals surface area contributed by atoms with Crippen molar-refractivity contribution in [2.24, 2.45) is 0 Å². The number of nitrogens with zero attached hydrogens (tertiary/aromatic N) is 1. The van der Waals surface area contributed by atoms with Gasteiger partial charge in [-0.15, -0.1) is 0 Å². The number of pyridine rings is 1. The summed E-state index contributed by atoms with van der Waals surface area (Å²) in [6.07, 6.45) is 7.92. The third-order valence-electron chi connectivity index (χ3n) is 3.75. The Labute approximate surface area is 116 Å². The van der Waals surface area contributed by atoms with Crippen LogP contribution in [0.1, 0.15) is 49.9 Å². The molecule has 100 valence electrons. The molecule has 1 unspecified atom stereocenters. The smallest absolute Gasteiger partial charge is 0.183 e. The van der Waals surface area contributed by atoms with E-state index in [0.717, 1.165) is 19.3 Å². The van der Waals surface area contributed by atoms with E-state index >= 15 is 0 Å². The summed E-state index contributed by atoms with van der Waals surface area (Å²) in [5.41, 5.74) is 4.24. The van der Waals surface area contributed by atoms with Crippen LogP contribution in [0.5, 0.6) is 0 Å². The summed E-state index contributed by atoms with van der Waals surface area (Å²) in [6.45, 7) is 6.71. The second kappa shape index (κ2) is 6.51. The van der Waals surface area contributed by atoms with Gasteiger partial charge in [-0.1, -0.05) is 51.1 Å². The average molecular weight is 254 g/mol. The first kappa shape index (κ1) is 13.8. The number of aryl methyl sites for hydroxylation is 2. The summed E-state index contributed by atoms with van der Waals surface area (Å²) >= 11 is 0. The standard InChI is InChI=1S/C18H24N/c1-4-15-12-16(5-2)14-19(13-15)18(6-3)17-10-8-7-9-11-17/h7-14,18H,4-6H2,1-3H3/q+1. The lowest BCUT2D eigenvalue weighted by atomic mass is 10.0. The van der Waals surface area contributed by atoms with E-state index in [-0.39, 0.29) is 0 Å². The summed E-state index contributed by atoms with van der Waals surface area (Å²) in [6, 6.07) is 13.6. The lowest BCUT2D eigenvalue weighted by Crippen LogP contribution is -2.40. The summed E-state index contributed by atoms with van der Waals surface area (Å²) in [5.74, 6) is 0. The number of benzene rings is 1. The van der Waals surface area contributed by atoms with Crippen LogP contribution in [-0.2, 0) is 12.8 Å². The molecule has 1 aromatic carbocycles. The first-order valence-electron chi connectivity index (χ1n) is 7.37. The number of rotatable bonds is 5. The first-order chi connectivity index (χ1) is 9.28. The fraction of sp³-hybridized carbons (Fsp3) is 0.389. The van der Waals surface area contributed by atoms with Crippen LogP contribution in [0.2, 0.25) is 0 Å². The summed E-state index contributed by atoms with van der Waals surface area (Å²) < 4.78 is 2.40. The van der Waals surface area contributed by atoms with Gasteiger partial charge >= 0.3 is 0 Å². The molecule has 0 N–H and O–H groups in total. The number of aromatic nitrogens is 1. The van der Waals surface area contributed by atoms with Crippen LogP contribution >= 0.6 is 0 Å². The highest BCUT2D eigenvalue weighted by Crippen LogP contribution is 2.16. The zero-order chi connectivity index (χ0) is 13.7. The zero-order valence-corrected chi connectivity index (χ0v) is 12.3. The summed E-state index contributed by atoms with van der Waals surface area (Å²) in [7, 11) is 0. The molecule has 1 nitrogen and oxygen atoms in total. The van der Waals surface area contributed by atoms with Crippen molar-refractivity contribution in [1.29, 1.82) is 0 Å². The summed E-state index contributed by atoms with van der Waals surface area (Å²) in [5, 5.41) is 0. The predicted molar refractivity (Wildman–Crippen MR) is 80.3 cm³/mol. The van der Waals surface area contributed by atoms with Gasteiger partial charge in [-0.05, 0) is 18.9 Å². The molecule has 1 aromatic heterocycles. The first-order valence-corrected chi connectivity index (χ1v) is 7.37. The lowest BCUT2D eigenvalue weighted by molar-refractivity contribution is -0.714. The monoisotopic (exact) mass is 254 g/mol. The van der Waals surface area contributed by atoms with Gasteiger partial charge in [-0.3, -0.25) is 0 Å². The molecule has 0 amide bonds. The van der Waals surface area contributed by atoms with Gasteiger partial charge in [-0.25, -0.2) is 0 Å². The Bertz CT molecular complexity index is 494. The predicted octanol–water partition coefficient (Wildman–Crippen LogP) is 4.10. The second-order valence-corrected chi connectivity index (χ2v) is 5.04. The molecule has 0 aliphatic rings. The van der Waals surface area contributed by atoms with Gasteiger partial charge in [-0.2, -0.15) is 4.57 Å². The van der Waals surface area contributed by atoms with Crippen LogP contribution in [0.15, 0.2) is 48.8 Å². The van der Waals surface area contributed by atoms with E-state index in [1.54, 1.807) is 0 Å². The molecule has 1 atom stereocenters. The second-order valence-electron chi connectivity index (χ2n) is 5.04. The Kier molecular flexibility index (Phi) is 4.73. The van der Waals surface area contributed by atoms with E-state index in [9.17, 15) is 0 Å². The quantitative estimate of drug-likeness (QED) is 0.707. The van der Waals surface area contributed by atoms with Crippen molar-refractivity contribution >= 4 is 0 Å². The van der Waals surface area contributed by atoms with Gasteiger partial charge in [0.2, 0.25) is 0 Å². The van der Waals surface area contributed by atoms with Crippen molar-refractivity contribution in [1.82, 2.24) is 0 Å². The Morgan fingerprint density at radius 1 is 0.895 bits per heavy atom. The molecule has 0 saturated heterocycles. The third kappa shape index (κ3) is 3.23. The van der Waals surface area contributed by atoms with E-state index < -0.39 is 0 Å². The lowest BCUT2D eigenvalue weighted by Gasteiger charge is -2.12. The highest BCUT2D eigenvalue weighted by atomic mass is 15.0. The maximum absolute atomic E-state index is 2.40. The molecule has 19 heavy (non-hydrogen) atoms. The van der Waals surface area contributed by atoms with Crippen molar-refractivity contribution in [2.45, 2.75) is 46.1 Å². The van der Waals surface area contributed by atoms with Crippen molar-refractivity contribution in [2.75, 3.05) is 0 Å². The maximum atomic E-state index is 2.40. The van der Waals surface area contributed by atoms with Gasteiger partial charge < -0.3 is 0 Å².